The number of pyridine rings is 1. The highest BCUT2D eigenvalue weighted by atomic mass is 79.9. The van der Waals surface area contributed by atoms with Crippen molar-refractivity contribution >= 4 is 38.9 Å². The first-order chi connectivity index (χ1) is 16.6. The average molecular weight is 535 g/mol. The average Bonchev–Trinajstić information content (AvgIpc) is 3.49. The molecule has 5 rings (SSSR count). The van der Waals surface area contributed by atoms with E-state index in [-0.39, 0.29) is 12.1 Å². The molecule has 6 nitrogen and oxygen atoms in total. The normalized spacial score (nSPS) is 17.5. The van der Waals surface area contributed by atoms with Gasteiger partial charge in [-0.3, -0.25) is 4.98 Å². The molecular weight excluding hydrogens is 512 g/mol. The molecular formula is C26H23BrN4O2S. The van der Waals surface area contributed by atoms with Gasteiger partial charge in [-0.15, -0.1) is 0 Å². The summed E-state index contributed by atoms with van der Waals surface area (Å²) in [5.41, 5.74) is 3.90. The Bertz CT molecular complexity index is 1310. The maximum Gasteiger partial charge on any atom is 0.174 e. The largest absolute Gasteiger partial charge is 0.497 e. The number of halogens is 1. The maximum atomic E-state index is 5.88. The lowest BCUT2D eigenvalue weighted by atomic mass is 10.0. The summed E-state index contributed by atoms with van der Waals surface area (Å²) in [5.74, 6) is 1.40. The van der Waals surface area contributed by atoms with Crippen LogP contribution in [0.3, 0.4) is 0 Å². The van der Waals surface area contributed by atoms with Gasteiger partial charge < -0.3 is 24.3 Å². The molecule has 34 heavy (non-hydrogen) atoms. The molecule has 4 aromatic rings. The van der Waals surface area contributed by atoms with Crippen LogP contribution in [0.2, 0.25) is 0 Å². The zero-order chi connectivity index (χ0) is 23.7. The predicted octanol–water partition coefficient (Wildman–Crippen LogP) is 5.83. The van der Waals surface area contributed by atoms with Crippen molar-refractivity contribution in [2.45, 2.75) is 12.1 Å². The molecule has 1 aliphatic rings. The van der Waals surface area contributed by atoms with E-state index < -0.39 is 0 Å². The van der Waals surface area contributed by atoms with Gasteiger partial charge in [-0.25, -0.2) is 0 Å². The highest BCUT2D eigenvalue weighted by molar-refractivity contribution is 9.10. The Labute approximate surface area is 212 Å². The second-order valence-corrected chi connectivity index (χ2v) is 9.12. The third-order valence-corrected chi connectivity index (χ3v) is 6.78. The molecule has 1 N–H and O–H groups in total. The first kappa shape index (κ1) is 22.4. The lowest BCUT2D eigenvalue weighted by molar-refractivity contribution is 0.394. The fourth-order valence-electron chi connectivity index (χ4n) is 4.37. The van der Waals surface area contributed by atoms with E-state index in [1.165, 1.54) is 0 Å². The minimum absolute atomic E-state index is 0.162. The number of hydrogen-bond acceptors (Lipinski definition) is 4. The summed E-state index contributed by atoms with van der Waals surface area (Å²) in [7, 11) is 3.29. The van der Waals surface area contributed by atoms with Gasteiger partial charge in [0.15, 0.2) is 5.11 Å². The van der Waals surface area contributed by atoms with Crippen molar-refractivity contribution in [3.05, 3.63) is 101 Å². The van der Waals surface area contributed by atoms with Crippen molar-refractivity contribution < 1.29 is 9.47 Å². The zero-order valence-corrected chi connectivity index (χ0v) is 21.1. The van der Waals surface area contributed by atoms with Gasteiger partial charge >= 0.3 is 0 Å². The molecule has 0 radical (unpaired) electrons. The van der Waals surface area contributed by atoms with E-state index in [0.29, 0.717) is 10.9 Å². The van der Waals surface area contributed by atoms with Gasteiger partial charge in [0, 0.05) is 34.3 Å². The molecule has 8 heteroatoms. The van der Waals surface area contributed by atoms with Crippen LogP contribution in [0.25, 0.3) is 5.69 Å². The van der Waals surface area contributed by atoms with E-state index in [2.05, 4.69) is 66.2 Å². The number of nitrogens with one attached hydrogen (secondary N) is 1. The van der Waals surface area contributed by atoms with Gasteiger partial charge in [0.25, 0.3) is 0 Å². The minimum atomic E-state index is -0.177. The van der Waals surface area contributed by atoms with E-state index in [4.69, 9.17) is 21.7 Å². The number of aromatic nitrogens is 2. The highest BCUT2D eigenvalue weighted by Crippen LogP contribution is 2.45. The summed E-state index contributed by atoms with van der Waals surface area (Å²) >= 11 is 9.41. The van der Waals surface area contributed by atoms with Gasteiger partial charge in [-0.05, 0) is 72.9 Å². The van der Waals surface area contributed by atoms with Crippen molar-refractivity contribution in [3.8, 4) is 17.2 Å². The third-order valence-electron chi connectivity index (χ3n) is 5.93. The Morgan fingerprint density at radius 1 is 0.971 bits per heavy atom. The zero-order valence-electron chi connectivity index (χ0n) is 18.7. The summed E-state index contributed by atoms with van der Waals surface area (Å²) in [6, 6.07) is 23.8. The van der Waals surface area contributed by atoms with Crippen LogP contribution in [0.15, 0.2) is 89.7 Å². The van der Waals surface area contributed by atoms with Crippen molar-refractivity contribution in [2.75, 3.05) is 19.1 Å². The van der Waals surface area contributed by atoms with Gasteiger partial charge in [-0.2, -0.15) is 0 Å². The summed E-state index contributed by atoms with van der Waals surface area (Å²) in [6.45, 7) is 0. The molecule has 2 aromatic heterocycles. The summed E-state index contributed by atoms with van der Waals surface area (Å²) in [5, 5.41) is 4.12. The molecule has 0 saturated carbocycles. The monoisotopic (exact) mass is 534 g/mol. The quantitative estimate of drug-likeness (QED) is 0.314. The van der Waals surface area contributed by atoms with E-state index in [1.54, 1.807) is 14.2 Å². The second-order valence-electron chi connectivity index (χ2n) is 7.81. The second kappa shape index (κ2) is 9.48. The molecule has 3 heterocycles. The molecule has 172 valence electrons. The first-order valence-electron chi connectivity index (χ1n) is 10.8. The van der Waals surface area contributed by atoms with Gasteiger partial charge in [0.2, 0.25) is 0 Å². The lowest BCUT2D eigenvalue weighted by Gasteiger charge is -2.30. The maximum absolute atomic E-state index is 5.88. The number of benzene rings is 2. The smallest absolute Gasteiger partial charge is 0.174 e. The topological polar surface area (TPSA) is 51.5 Å². The molecule has 1 fully saturated rings. The summed E-state index contributed by atoms with van der Waals surface area (Å²) in [4.78, 5) is 6.76. The number of ether oxygens (including phenoxy) is 2. The van der Waals surface area contributed by atoms with Crippen LogP contribution in [0.4, 0.5) is 5.69 Å². The van der Waals surface area contributed by atoms with E-state index >= 15 is 0 Å². The highest BCUT2D eigenvalue weighted by Gasteiger charge is 2.43. The molecule has 2 aromatic carbocycles. The van der Waals surface area contributed by atoms with Crippen molar-refractivity contribution in [1.82, 2.24) is 14.9 Å². The van der Waals surface area contributed by atoms with Crippen molar-refractivity contribution in [3.63, 3.8) is 0 Å². The van der Waals surface area contributed by atoms with E-state index in [0.717, 1.165) is 33.0 Å². The molecule has 0 spiro atoms. The Morgan fingerprint density at radius 3 is 2.50 bits per heavy atom. The van der Waals surface area contributed by atoms with Gasteiger partial charge in [-0.1, -0.05) is 22.0 Å². The number of nitrogens with zero attached hydrogens (tertiary/aromatic N) is 3. The Kier molecular flexibility index (Phi) is 6.26. The van der Waals surface area contributed by atoms with Crippen LogP contribution >= 0.6 is 28.1 Å². The van der Waals surface area contributed by atoms with E-state index in [1.807, 2.05) is 54.7 Å². The molecule has 0 amide bonds. The Morgan fingerprint density at radius 2 is 1.79 bits per heavy atom. The number of anilines is 1. The van der Waals surface area contributed by atoms with Crippen molar-refractivity contribution in [2.24, 2.45) is 0 Å². The van der Waals surface area contributed by atoms with Crippen LogP contribution in [-0.2, 0) is 0 Å². The van der Waals surface area contributed by atoms with E-state index in [9.17, 15) is 0 Å². The molecule has 1 aliphatic heterocycles. The minimum Gasteiger partial charge on any atom is -0.497 e. The molecule has 2 atom stereocenters. The molecule has 0 unspecified atom stereocenters. The SMILES string of the molecule is COc1ccc(N2C(=S)N[C@@H](c3ccccn3)[C@@H]2c2cccn2-c2ccc(Br)cc2)c(OC)c1. The van der Waals surface area contributed by atoms with Crippen LogP contribution in [-0.4, -0.2) is 28.9 Å². The number of rotatable bonds is 6. The number of methoxy groups -OCH3 is 2. The molecule has 0 bridgehead atoms. The predicted molar refractivity (Wildman–Crippen MR) is 141 cm³/mol. The lowest BCUT2D eigenvalue weighted by Crippen LogP contribution is -2.30. The first-order valence-corrected chi connectivity index (χ1v) is 12.0. The Hall–Kier alpha value is -3.36. The summed E-state index contributed by atoms with van der Waals surface area (Å²) < 4.78 is 14.4. The standard InChI is InChI=1S/C26H23BrN4O2S/c1-32-19-12-13-21(23(16-19)33-2)31-25(24(29-26(31)34)20-6-3-4-14-28-20)22-7-5-15-30(22)18-10-8-17(27)9-11-18/h3-16,24-25H,1-2H3,(H,29,34)/t24-,25-/m0/s1. The van der Waals surface area contributed by atoms with Crippen LogP contribution < -0.4 is 19.7 Å². The molecule has 1 saturated heterocycles. The third kappa shape index (κ3) is 4.03. The fourth-order valence-corrected chi connectivity index (χ4v) is 4.97. The molecule has 0 aliphatic carbocycles. The summed E-state index contributed by atoms with van der Waals surface area (Å²) in [6.07, 6.45) is 3.88. The van der Waals surface area contributed by atoms with Crippen LogP contribution in [0.1, 0.15) is 23.5 Å². The fraction of sp³-hybridized carbons (Fsp3) is 0.154. The Balaban J connectivity index is 1.68. The number of hydrogen-bond donors (Lipinski definition) is 1. The van der Waals surface area contributed by atoms with Crippen molar-refractivity contribution in [1.29, 1.82) is 0 Å². The van der Waals surface area contributed by atoms with Crippen LogP contribution in [0.5, 0.6) is 11.5 Å². The van der Waals surface area contributed by atoms with Crippen LogP contribution in [0, 0.1) is 0 Å². The number of thiocarbonyl (C=S) groups is 1. The van der Waals surface area contributed by atoms with Gasteiger partial charge in [0.1, 0.15) is 17.5 Å². The van der Waals surface area contributed by atoms with Gasteiger partial charge in [0.05, 0.1) is 31.6 Å².